The van der Waals surface area contributed by atoms with E-state index >= 15 is 0 Å². The Morgan fingerprint density at radius 2 is 1.60 bits per heavy atom. The van der Waals surface area contributed by atoms with Crippen molar-refractivity contribution in [3.05, 3.63) is 58.7 Å². The number of nitrogen functional groups attached to an aromatic ring is 2. The molecular formula is C17H20N2O. The van der Waals surface area contributed by atoms with E-state index in [-0.39, 0.29) is 5.78 Å². The van der Waals surface area contributed by atoms with E-state index < -0.39 is 0 Å². The molecule has 4 N–H and O–H groups in total. The molecule has 2 aromatic carbocycles. The van der Waals surface area contributed by atoms with Gasteiger partial charge < -0.3 is 11.5 Å². The lowest BCUT2D eigenvalue weighted by molar-refractivity contribution is 0.103. The lowest BCUT2D eigenvalue weighted by Gasteiger charge is -2.10. The SMILES string of the molecule is CCc1ccc(CC)c(C(=O)c2cc(N)cc(N)c2)c1. The van der Waals surface area contributed by atoms with Crippen LogP contribution in [0.2, 0.25) is 0 Å². The van der Waals surface area contributed by atoms with E-state index in [1.165, 1.54) is 0 Å². The second-order valence-corrected chi connectivity index (χ2v) is 4.92. The second-order valence-electron chi connectivity index (χ2n) is 4.92. The van der Waals surface area contributed by atoms with Crippen molar-refractivity contribution in [2.24, 2.45) is 0 Å². The Hall–Kier alpha value is -2.29. The summed E-state index contributed by atoms with van der Waals surface area (Å²) >= 11 is 0. The number of carbonyl (C=O) groups is 1. The highest BCUT2D eigenvalue weighted by Gasteiger charge is 2.14. The van der Waals surface area contributed by atoms with Crippen LogP contribution in [0.4, 0.5) is 11.4 Å². The Morgan fingerprint density at radius 3 is 2.15 bits per heavy atom. The molecule has 0 spiro atoms. The molecule has 104 valence electrons. The molecule has 0 saturated heterocycles. The van der Waals surface area contributed by atoms with Crippen LogP contribution in [0.1, 0.15) is 40.9 Å². The van der Waals surface area contributed by atoms with Crippen LogP contribution in [0.5, 0.6) is 0 Å². The number of ketones is 1. The summed E-state index contributed by atoms with van der Waals surface area (Å²) in [5.41, 5.74) is 16.1. The van der Waals surface area contributed by atoms with Gasteiger partial charge in [-0.25, -0.2) is 0 Å². The van der Waals surface area contributed by atoms with E-state index in [2.05, 4.69) is 13.0 Å². The fourth-order valence-corrected chi connectivity index (χ4v) is 2.33. The van der Waals surface area contributed by atoms with Crippen molar-refractivity contribution in [2.75, 3.05) is 11.5 Å². The van der Waals surface area contributed by atoms with Gasteiger partial charge in [0, 0.05) is 22.5 Å². The molecule has 20 heavy (non-hydrogen) atoms. The maximum Gasteiger partial charge on any atom is 0.193 e. The van der Waals surface area contributed by atoms with Crippen molar-refractivity contribution in [1.82, 2.24) is 0 Å². The van der Waals surface area contributed by atoms with Crippen LogP contribution < -0.4 is 11.5 Å². The Kier molecular flexibility index (Phi) is 4.08. The van der Waals surface area contributed by atoms with E-state index in [0.29, 0.717) is 16.9 Å². The van der Waals surface area contributed by atoms with Crippen molar-refractivity contribution >= 4 is 17.2 Å². The molecular weight excluding hydrogens is 248 g/mol. The van der Waals surface area contributed by atoms with E-state index in [1.54, 1.807) is 18.2 Å². The van der Waals surface area contributed by atoms with Gasteiger partial charge in [-0.15, -0.1) is 0 Å². The lowest BCUT2D eigenvalue weighted by Crippen LogP contribution is -2.07. The number of aryl methyl sites for hydroxylation is 2. The zero-order valence-corrected chi connectivity index (χ0v) is 11.9. The van der Waals surface area contributed by atoms with Gasteiger partial charge in [0.2, 0.25) is 0 Å². The number of hydrogen-bond donors (Lipinski definition) is 2. The zero-order chi connectivity index (χ0) is 14.7. The average molecular weight is 268 g/mol. The van der Waals surface area contributed by atoms with Crippen LogP contribution in [0.25, 0.3) is 0 Å². The monoisotopic (exact) mass is 268 g/mol. The number of nitrogens with two attached hydrogens (primary N) is 2. The molecule has 0 aliphatic carbocycles. The highest BCUT2D eigenvalue weighted by molar-refractivity contribution is 6.11. The van der Waals surface area contributed by atoms with Crippen molar-refractivity contribution in [3.63, 3.8) is 0 Å². The Labute approximate surface area is 119 Å². The Bertz CT molecular complexity index is 627. The first kappa shape index (κ1) is 14.1. The minimum atomic E-state index is -0.0175. The summed E-state index contributed by atoms with van der Waals surface area (Å²) in [4.78, 5) is 12.7. The topological polar surface area (TPSA) is 69.1 Å². The van der Waals surface area contributed by atoms with Crippen LogP contribution in [0.3, 0.4) is 0 Å². The molecule has 0 heterocycles. The summed E-state index contributed by atoms with van der Waals surface area (Å²) in [6, 6.07) is 11.1. The van der Waals surface area contributed by atoms with Gasteiger partial charge in [0.05, 0.1) is 0 Å². The van der Waals surface area contributed by atoms with Crippen LogP contribution in [-0.4, -0.2) is 5.78 Å². The standard InChI is InChI=1S/C17H20N2O/c1-3-11-5-6-12(4-2)16(7-11)17(20)13-8-14(18)10-15(19)9-13/h5-10H,3-4,18-19H2,1-2H3. The summed E-state index contributed by atoms with van der Waals surface area (Å²) in [7, 11) is 0. The van der Waals surface area contributed by atoms with Crippen molar-refractivity contribution in [2.45, 2.75) is 26.7 Å². The van der Waals surface area contributed by atoms with Crippen LogP contribution >= 0.6 is 0 Å². The first-order chi connectivity index (χ1) is 9.55. The molecule has 0 fully saturated rings. The van der Waals surface area contributed by atoms with Gasteiger partial charge in [-0.1, -0.05) is 26.0 Å². The summed E-state index contributed by atoms with van der Waals surface area (Å²) in [6.45, 7) is 4.12. The van der Waals surface area contributed by atoms with Gasteiger partial charge in [-0.2, -0.15) is 0 Å². The first-order valence-electron chi connectivity index (χ1n) is 6.87. The third-order valence-electron chi connectivity index (χ3n) is 3.45. The first-order valence-corrected chi connectivity index (χ1v) is 6.87. The summed E-state index contributed by atoms with van der Waals surface area (Å²) < 4.78 is 0. The summed E-state index contributed by atoms with van der Waals surface area (Å²) in [5.74, 6) is -0.0175. The van der Waals surface area contributed by atoms with E-state index in [1.807, 2.05) is 19.1 Å². The third kappa shape index (κ3) is 2.82. The third-order valence-corrected chi connectivity index (χ3v) is 3.45. The van der Waals surface area contributed by atoms with E-state index in [4.69, 9.17) is 11.5 Å². The van der Waals surface area contributed by atoms with Crippen molar-refractivity contribution in [1.29, 1.82) is 0 Å². The number of benzene rings is 2. The average Bonchev–Trinajstić information content (AvgIpc) is 2.44. The fourth-order valence-electron chi connectivity index (χ4n) is 2.33. The smallest absolute Gasteiger partial charge is 0.193 e. The Balaban J connectivity index is 2.51. The largest absolute Gasteiger partial charge is 0.399 e. The van der Waals surface area contributed by atoms with Crippen LogP contribution in [-0.2, 0) is 12.8 Å². The highest BCUT2D eigenvalue weighted by Crippen LogP contribution is 2.21. The van der Waals surface area contributed by atoms with Gasteiger partial charge in [0.15, 0.2) is 5.78 Å². The van der Waals surface area contributed by atoms with Crippen LogP contribution in [0.15, 0.2) is 36.4 Å². The summed E-state index contributed by atoms with van der Waals surface area (Å²) in [6.07, 6.45) is 1.73. The van der Waals surface area contributed by atoms with Gasteiger partial charge in [-0.05, 0) is 48.2 Å². The second kappa shape index (κ2) is 5.78. The fraction of sp³-hybridized carbons (Fsp3) is 0.235. The molecule has 0 aromatic heterocycles. The normalized spacial score (nSPS) is 10.5. The van der Waals surface area contributed by atoms with Gasteiger partial charge in [0.1, 0.15) is 0 Å². The Morgan fingerprint density at radius 1 is 0.950 bits per heavy atom. The zero-order valence-electron chi connectivity index (χ0n) is 11.9. The minimum Gasteiger partial charge on any atom is -0.399 e. The molecule has 0 aliphatic rings. The van der Waals surface area contributed by atoms with E-state index in [0.717, 1.165) is 29.5 Å². The molecule has 0 bridgehead atoms. The molecule has 0 radical (unpaired) electrons. The number of anilines is 2. The molecule has 2 aromatic rings. The molecule has 0 atom stereocenters. The van der Waals surface area contributed by atoms with Gasteiger partial charge >= 0.3 is 0 Å². The number of rotatable bonds is 4. The summed E-state index contributed by atoms with van der Waals surface area (Å²) in [5, 5.41) is 0. The molecule has 3 heteroatoms. The quantitative estimate of drug-likeness (QED) is 0.661. The predicted octanol–water partition coefficient (Wildman–Crippen LogP) is 3.21. The number of carbonyl (C=O) groups excluding carboxylic acids is 1. The van der Waals surface area contributed by atoms with Crippen LogP contribution in [0, 0.1) is 0 Å². The maximum atomic E-state index is 12.7. The van der Waals surface area contributed by atoms with Crippen molar-refractivity contribution < 1.29 is 4.79 Å². The van der Waals surface area contributed by atoms with Crippen molar-refractivity contribution in [3.8, 4) is 0 Å². The molecule has 0 unspecified atom stereocenters. The predicted molar refractivity (Wildman–Crippen MR) is 83.9 cm³/mol. The highest BCUT2D eigenvalue weighted by atomic mass is 16.1. The molecule has 2 rings (SSSR count). The molecule has 0 saturated carbocycles. The molecule has 0 amide bonds. The lowest BCUT2D eigenvalue weighted by atomic mass is 9.94. The molecule has 3 nitrogen and oxygen atoms in total. The van der Waals surface area contributed by atoms with E-state index in [9.17, 15) is 4.79 Å². The van der Waals surface area contributed by atoms with Gasteiger partial charge in [0.25, 0.3) is 0 Å². The maximum absolute atomic E-state index is 12.7. The number of hydrogen-bond acceptors (Lipinski definition) is 3. The molecule has 0 aliphatic heterocycles. The van der Waals surface area contributed by atoms with Gasteiger partial charge in [-0.3, -0.25) is 4.79 Å². The minimum absolute atomic E-state index is 0.0175.